The van der Waals surface area contributed by atoms with Gasteiger partial charge in [0, 0.05) is 28.5 Å². The Morgan fingerprint density at radius 2 is 1.84 bits per heavy atom. The lowest BCUT2D eigenvalue weighted by Crippen LogP contribution is -2.12. The summed E-state index contributed by atoms with van der Waals surface area (Å²) < 4.78 is 0.914. The molecule has 0 saturated carbocycles. The molecule has 2 aromatic rings. The predicted molar refractivity (Wildman–Crippen MR) is 89.3 cm³/mol. The first-order chi connectivity index (χ1) is 8.99. The van der Waals surface area contributed by atoms with Crippen LogP contribution in [0.1, 0.15) is 11.1 Å². The molecule has 0 spiro atoms. The van der Waals surface area contributed by atoms with Gasteiger partial charge in [0.05, 0.1) is 0 Å². The van der Waals surface area contributed by atoms with Gasteiger partial charge in [-0.3, -0.25) is 0 Å². The number of anilines is 2. The number of hydrogen-bond donors (Lipinski definition) is 1. The highest BCUT2D eigenvalue weighted by molar-refractivity contribution is 9.10. The number of halogens is 1. The Kier molecular flexibility index (Phi) is 4.22. The van der Waals surface area contributed by atoms with E-state index in [1.165, 1.54) is 5.56 Å². The third-order valence-electron chi connectivity index (χ3n) is 2.99. The van der Waals surface area contributed by atoms with E-state index in [9.17, 15) is 0 Å². The molecule has 4 heteroatoms. The molecule has 0 fully saturated rings. The second-order valence-corrected chi connectivity index (χ2v) is 5.72. The molecule has 2 N–H and O–H groups in total. The van der Waals surface area contributed by atoms with Crippen LogP contribution in [0.15, 0.2) is 46.9 Å². The molecule has 98 valence electrons. The van der Waals surface area contributed by atoms with Gasteiger partial charge >= 0.3 is 0 Å². The zero-order chi connectivity index (χ0) is 14.0. The van der Waals surface area contributed by atoms with E-state index in [2.05, 4.69) is 52.0 Å². The van der Waals surface area contributed by atoms with Crippen molar-refractivity contribution in [3.8, 4) is 0 Å². The first-order valence-electron chi connectivity index (χ1n) is 5.89. The molecule has 0 aliphatic rings. The van der Waals surface area contributed by atoms with Crippen LogP contribution in [0, 0.1) is 6.92 Å². The summed E-state index contributed by atoms with van der Waals surface area (Å²) in [4.78, 5) is 2.53. The number of nitrogens with two attached hydrogens (primary N) is 1. The maximum Gasteiger partial charge on any atom is 0.105 e. The number of thiocarbonyl (C=S) groups is 1. The smallest absolute Gasteiger partial charge is 0.105 e. The van der Waals surface area contributed by atoms with Crippen LogP contribution in [0.4, 0.5) is 11.4 Å². The zero-order valence-electron chi connectivity index (χ0n) is 10.9. The van der Waals surface area contributed by atoms with Gasteiger partial charge in [0.2, 0.25) is 0 Å². The van der Waals surface area contributed by atoms with Gasteiger partial charge in [0.15, 0.2) is 0 Å². The Balaban J connectivity index is 2.37. The molecule has 0 aliphatic carbocycles. The molecular weight excluding hydrogens is 320 g/mol. The largest absolute Gasteiger partial charge is 0.389 e. The summed E-state index contributed by atoms with van der Waals surface area (Å²) in [6.07, 6.45) is 0. The number of nitrogens with zero attached hydrogens (tertiary/aromatic N) is 1. The van der Waals surface area contributed by atoms with Crippen molar-refractivity contribution in [2.45, 2.75) is 6.92 Å². The monoisotopic (exact) mass is 334 g/mol. The molecule has 0 aliphatic heterocycles. The van der Waals surface area contributed by atoms with Crippen molar-refractivity contribution in [1.29, 1.82) is 0 Å². The Labute approximate surface area is 127 Å². The van der Waals surface area contributed by atoms with E-state index in [0.29, 0.717) is 4.99 Å². The minimum absolute atomic E-state index is 0.400. The van der Waals surface area contributed by atoms with Crippen LogP contribution in [-0.4, -0.2) is 12.0 Å². The van der Waals surface area contributed by atoms with Crippen molar-refractivity contribution < 1.29 is 0 Å². The molecule has 2 rings (SSSR count). The lowest BCUT2D eigenvalue weighted by Gasteiger charge is -2.21. The van der Waals surface area contributed by atoms with Crippen LogP contribution in [0.3, 0.4) is 0 Å². The zero-order valence-corrected chi connectivity index (χ0v) is 13.3. The Morgan fingerprint density at radius 3 is 2.42 bits per heavy atom. The fraction of sp³-hybridized carbons (Fsp3) is 0.133. The van der Waals surface area contributed by atoms with Gasteiger partial charge in [-0.2, -0.15) is 0 Å². The van der Waals surface area contributed by atoms with Gasteiger partial charge < -0.3 is 10.6 Å². The van der Waals surface area contributed by atoms with E-state index in [1.54, 1.807) is 0 Å². The van der Waals surface area contributed by atoms with E-state index >= 15 is 0 Å². The average Bonchev–Trinajstić information content (AvgIpc) is 2.37. The summed E-state index contributed by atoms with van der Waals surface area (Å²) in [6.45, 7) is 2.09. The number of benzene rings is 2. The normalized spacial score (nSPS) is 10.3. The summed E-state index contributed by atoms with van der Waals surface area (Å²) in [7, 11) is 2.04. The van der Waals surface area contributed by atoms with Crippen molar-refractivity contribution in [2.75, 3.05) is 11.9 Å². The fourth-order valence-electron chi connectivity index (χ4n) is 1.90. The van der Waals surface area contributed by atoms with Crippen LogP contribution in [0.25, 0.3) is 0 Å². The Hall–Kier alpha value is -1.39. The van der Waals surface area contributed by atoms with Gasteiger partial charge in [0.1, 0.15) is 4.99 Å². The molecule has 2 nitrogen and oxygen atoms in total. The minimum atomic E-state index is 0.400. The van der Waals surface area contributed by atoms with Crippen molar-refractivity contribution in [3.63, 3.8) is 0 Å². The maximum absolute atomic E-state index is 5.66. The highest BCUT2D eigenvalue weighted by Gasteiger charge is 2.08. The molecular formula is C15H15BrN2S. The summed E-state index contributed by atoms with van der Waals surface area (Å²) in [6, 6.07) is 14.4. The van der Waals surface area contributed by atoms with Crippen LogP contribution < -0.4 is 10.6 Å². The van der Waals surface area contributed by atoms with Crippen molar-refractivity contribution in [2.24, 2.45) is 5.73 Å². The van der Waals surface area contributed by atoms with Gasteiger partial charge in [-0.25, -0.2) is 0 Å². The summed E-state index contributed by atoms with van der Waals surface area (Å²) in [5, 5.41) is 0. The SMILES string of the molecule is Cc1cccc(N(C)c2ccc(C(N)=S)c(Br)c2)c1. The average molecular weight is 335 g/mol. The molecule has 0 aromatic heterocycles. The summed E-state index contributed by atoms with van der Waals surface area (Å²) >= 11 is 8.51. The molecule has 0 amide bonds. The molecule has 0 atom stereocenters. The number of aryl methyl sites for hydroxylation is 1. The fourth-order valence-corrected chi connectivity index (χ4v) is 2.79. The molecule has 2 aromatic carbocycles. The first-order valence-corrected chi connectivity index (χ1v) is 7.09. The van der Waals surface area contributed by atoms with Gasteiger partial charge in [0.25, 0.3) is 0 Å². The molecule has 19 heavy (non-hydrogen) atoms. The molecule has 0 saturated heterocycles. The highest BCUT2D eigenvalue weighted by Crippen LogP contribution is 2.28. The van der Waals surface area contributed by atoms with Crippen molar-refractivity contribution >= 4 is 44.5 Å². The molecule has 0 heterocycles. The maximum atomic E-state index is 5.66. The number of rotatable bonds is 3. The second-order valence-electron chi connectivity index (χ2n) is 4.43. The van der Waals surface area contributed by atoms with Gasteiger partial charge in [-0.15, -0.1) is 0 Å². The topological polar surface area (TPSA) is 29.3 Å². The van der Waals surface area contributed by atoms with E-state index < -0.39 is 0 Å². The third-order valence-corrected chi connectivity index (χ3v) is 3.87. The van der Waals surface area contributed by atoms with Crippen molar-refractivity contribution in [3.05, 3.63) is 58.1 Å². The lowest BCUT2D eigenvalue weighted by atomic mass is 10.1. The number of hydrogen-bond acceptors (Lipinski definition) is 2. The Morgan fingerprint density at radius 1 is 1.16 bits per heavy atom. The van der Waals surface area contributed by atoms with E-state index in [1.807, 2.05) is 25.2 Å². The van der Waals surface area contributed by atoms with Crippen LogP contribution in [0.2, 0.25) is 0 Å². The van der Waals surface area contributed by atoms with Crippen LogP contribution in [0.5, 0.6) is 0 Å². The van der Waals surface area contributed by atoms with Crippen LogP contribution >= 0.6 is 28.1 Å². The standard InChI is InChI=1S/C15H15BrN2S/c1-10-4-3-5-11(8-10)18(2)12-6-7-13(15(17)19)14(16)9-12/h3-9H,1-2H3,(H2,17,19). The molecule has 0 bridgehead atoms. The molecule has 0 radical (unpaired) electrons. The summed E-state index contributed by atoms with van der Waals surface area (Å²) in [5.74, 6) is 0. The van der Waals surface area contributed by atoms with Gasteiger partial charge in [-0.05, 0) is 58.7 Å². The highest BCUT2D eigenvalue weighted by atomic mass is 79.9. The lowest BCUT2D eigenvalue weighted by molar-refractivity contribution is 1.20. The second kappa shape index (κ2) is 5.72. The quantitative estimate of drug-likeness (QED) is 0.854. The Bertz CT molecular complexity index is 625. The predicted octanol–water partition coefficient (Wildman–Crippen LogP) is 4.16. The van der Waals surface area contributed by atoms with E-state index in [-0.39, 0.29) is 0 Å². The third kappa shape index (κ3) is 3.14. The minimum Gasteiger partial charge on any atom is -0.389 e. The van der Waals surface area contributed by atoms with E-state index in [4.69, 9.17) is 18.0 Å². The van der Waals surface area contributed by atoms with Crippen LogP contribution in [-0.2, 0) is 0 Å². The van der Waals surface area contributed by atoms with Crippen molar-refractivity contribution in [1.82, 2.24) is 0 Å². The van der Waals surface area contributed by atoms with Gasteiger partial charge in [-0.1, -0.05) is 24.4 Å². The summed E-state index contributed by atoms with van der Waals surface area (Å²) in [5.41, 5.74) is 9.99. The molecule has 0 unspecified atom stereocenters. The van der Waals surface area contributed by atoms with E-state index in [0.717, 1.165) is 21.4 Å². The first kappa shape index (κ1) is 14.0.